The van der Waals surface area contributed by atoms with Crippen LogP contribution in [0.2, 0.25) is 0 Å². The van der Waals surface area contributed by atoms with Gasteiger partial charge in [-0.15, -0.1) is 0 Å². The molecule has 0 fully saturated rings. The standard InChI is InChI=1S/C80H153NO8/c1-6-8-10-12-14-16-18-20-22-24-26-28-30-32-33-34-35-36-37-38-39-40-41-42-43-44-45-47-48-50-52-54-56-58-60-62-64-66-68-70-77(82)87-74-76(75-88-80(79(84)85)86-73-72-81(3,4)5)89-78(83)71-69-67-65-63-61-59-57-55-53-51-49-46-31-29-27-25-23-21-19-17-15-13-11-9-7-2/h19,21,25,27,76,80H,6-18,20,22-24,26,28-75H2,1-5H3/p+1/b21-19-,27-25-. The van der Waals surface area contributed by atoms with Crippen LogP contribution in [0, 0.1) is 0 Å². The van der Waals surface area contributed by atoms with Gasteiger partial charge in [-0.05, 0) is 44.9 Å². The highest BCUT2D eigenvalue weighted by Gasteiger charge is 2.25. The number of carbonyl (C=O) groups is 3. The van der Waals surface area contributed by atoms with Crippen LogP contribution in [0.15, 0.2) is 24.3 Å². The minimum atomic E-state index is -1.51. The normalized spacial score (nSPS) is 12.7. The maximum absolute atomic E-state index is 13.0. The maximum atomic E-state index is 13.0. The highest BCUT2D eigenvalue weighted by atomic mass is 16.7. The van der Waals surface area contributed by atoms with E-state index in [1.165, 1.54) is 340 Å². The Labute approximate surface area is 554 Å². The maximum Gasteiger partial charge on any atom is 0.361 e. The van der Waals surface area contributed by atoms with Gasteiger partial charge in [-0.3, -0.25) is 9.59 Å². The highest BCUT2D eigenvalue weighted by Crippen LogP contribution is 2.20. The van der Waals surface area contributed by atoms with Crippen molar-refractivity contribution < 1.29 is 42.9 Å². The molecular formula is C80H154NO8+. The van der Waals surface area contributed by atoms with Crippen molar-refractivity contribution in [2.24, 2.45) is 0 Å². The smallest absolute Gasteiger partial charge is 0.361 e. The van der Waals surface area contributed by atoms with Gasteiger partial charge in [0.2, 0.25) is 0 Å². The molecule has 0 aliphatic carbocycles. The Balaban J connectivity index is 3.93. The molecule has 9 heteroatoms. The number of hydrogen-bond donors (Lipinski definition) is 1. The summed E-state index contributed by atoms with van der Waals surface area (Å²) in [5.74, 6) is -1.97. The average molecular weight is 1260 g/mol. The van der Waals surface area contributed by atoms with E-state index in [0.29, 0.717) is 17.4 Å². The minimum Gasteiger partial charge on any atom is -0.477 e. The lowest BCUT2D eigenvalue weighted by molar-refractivity contribution is -0.870. The first-order valence-electron chi connectivity index (χ1n) is 39.5. The third kappa shape index (κ3) is 73.1. The second-order valence-corrected chi connectivity index (χ2v) is 28.4. The van der Waals surface area contributed by atoms with Crippen LogP contribution in [-0.2, 0) is 33.3 Å². The number of aliphatic carboxylic acids is 1. The van der Waals surface area contributed by atoms with E-state index in [-0.39, 0.29) is 38.2 Å². The molecule has 0 aliphatic rings. The van der Waals surface area contributed by atoms with Gasteiger partial charge in [0.05, 0.1) is 34.4 Å². The molecule has 0 bridgehead atoms. The van der Waals surface area contributed by atoms with Crippen LogP contribution in [0.4, 0.5) is 0 Å². The number of ether oxygens (including phenoxy) is 4. The van der Waals surface area contributed by atoms with Crippen LogP contribution < -0.4 is 0 Å². The van der Waals surface area contributed by atoms with Gasteiger partial charge in [-0.2, -0.15) is 0 Å². The van der Waals surface area contributed by atoms with Crippen molar-refractivity contribution in [2.45, 2.75) is 424 Å². The summed E-state index contributed by atoms with van der Waals surface area (Å²) in [4.78, 5) is 37.7. The molecule has 1 N–H and O–H groups in total. The number of unbranched alkanes of at least 4 members (excludes halogenated alkanes) is 56. The van der Waals surface area contributed by atoms with Crippen molar-refractivity contribution in [3.63, 3.8) is 0 Å². The largest absolute Gasteiger partial charge is 0.477 e. The highest BCUT2D eigenvalue weighted by molar-refractivity contribution is 5.71. The van der Waals surface area contributed by atoms with Crippen LogP contribution in [0.3, 0.4) is 0 Å². The van der Waals surface area contributed by atoms with Crippen molar-refractivity contribution in [1.29, 1.82) is 0 Å². The Hall–Kier alpha value is -2.23. The molecule has 0 aliphatic heterocycles. The minimum absolute atomic E-state index is 0.176. The number of rotatable bonds is 75. The molecule has 0 heterocycles. The third-order valence-corrected chi connectivity index (χ3v) is 18.2. The topological polar surface area (TPSA) is 108 Å². The summed E-state index contributed by atoms with van der Waals surface area (Å²) < 4.78 is 23.0. The fourth-order valence-electron chi connectivity index (χ4n) is 12.2. The van der Waals surface area contributed by atoms with Crippen LogP contribution in [0.5, 0.6) is 0 Å². The van der Waals surface area contributed by atoms with E-state index in [9.17, 15) is 19.5 Å². The Bertz CT molecular complexity index is 1510. The Kier molecular flexibility index (Phi) is 69.8. The summed E-state index contributed by atoms with van der Waals surface area (Å²) in [6.07, 6.45) is 87.7. The number of carboxylic acid groups (broad SMARTS) is 1. The number of hydrogen-bond acceptors (Lipinski definition) is 7. The van der Waals surface area contributed by atoms with Crippen molar-refractivity contribution in [1.82, 2.24) is 0 Å². The Morgan fingerprint density at radius 1 is 0.337 bits per heavy atom. The average Bonchev–Trinajstić information content (AvgIpc) is 3.64. The van der Waals surface area contributed by atoms with Crippen molar-refractivity contribution in [3.8, 4) is 0 Å². The number of allylic oxidation sites excluding steroid dienone is 4. The molecule has 0 aromatic heterocycles. The van der Waals surface area contributed by atoms with E-state index < -0.39 is 18.4 Å². The number of esters is 2. The van der Waals surface area contributed by atoms with Gasteiger partial charge in [-0.1, -0.05) is 378 Å². The molecule has 0 radical (unpaired) electrons. The molecule has 0 aromatic carbocycles. The fourth-order valence-corrected chi connectivity index (χ4v) is 12.2. The molecule has 2 unspecified atom stereocenters. The molecule has 0 rings (SSSR count). The van der Waals surface area contributed by atoms with Crippen molar-refractivity contribution >= 4 is 17.9 Å². The monoisotopic (exact) mass is 1260 g/mol. The van der Waals surface area contributed by atoms with Gasteiger partial charge in [0.15, 0.2) is 6.10 Å². The van der Waals surface area contributed by atoms with Crippen LogP contribution in [0.25, 0.3) is 0 Å². The first-order valence-corrected chi connectivity index (χ1v) is 39.5. The number of nitrogens with zero attached hydrogens (tertiary/aromatic N) is 1. The zero-order valence-electron chi connectivity index (χ0n) is 60.4. The Morgan fingerprint density at radius 2 is 0.607 bits per heavy atom. The van der Waals surface area contributed by atoms with E-state index >= 15 is 0 Å². The van der Waals surface area contributed by atoms with Crippen LogP contribution >= 0.6 is 0 Å². The predicted molar refractivity (Wildman–Crippen MR) is 383 cm³/mol. The van der Waals surface area contributed by atoms with Gasteiger partial charge in [-0.25, -0.2) is 4.79 Å². The quantitative estimate of drug-likeness (QED) is 0.0211. The number of quaternary nitrogens is 1. The second kappa shape index (κ2) is 71.6. The molecule has 0 amide bonds. The summed E-state index contributed by atoms with van der Waals surface area (Å²) >= 11 is 0. The van der Waals surface area contributed by atoms with Crippen molar-refractivity contribution in [2.75, 3.05) is 47.5 Å². The molecular weight excluding hydrogens is 1100 g/mol. The van der Waals surface area contributed by atoms with Gasteiger partial charge in [0, 0.05) is 12.8 Å². The second-order valence-electron chi connectivity index (χ2n) is 28.4. The lowest BCUT2D eigenvalue weighted by Gasteiger charge is -2.25. The summed E-state index contributed by atoms with van der Waals surface area (Å²) in [5.41, 5.74) is 0. The molecule has 526 valence electrons. The van der Waals surface area contributed by atoms with Gasteiger partial charge < -0.3 is 28.5 Å². The van der Waals surface area contributed by atoms with Gasteiger partial charge in [0.1, 0.15) is 13.2 Å². The SMILES string of the molecule is CCCCCCC/C=C\C/C=C\CCCCCCCCCCCCCCCC(=O)OC(COC(=O)CCCCCCCCCCCCCCCCCCCCCCCCCCCCCCCCCCCCCCCCC)COC(OCC[N+](C)(C)C)C(=O)O. The number of likely N-dealkylation sites (N-methyl/N-ethyl adjacent to an activating group) is 1. The lowest BCUT2D eigenvalue weighted by Crippen LogP contribution is -2.40. The summed E-state index contributed by atoms with van der Waals surface area (Å²) in [7, 11) is 6.00. The zero-order chi connectivity index (χ0) is 64.7. The predicted octanol–water partition coefficient (Wildman–Crippen LogP) is 24.9. The molecule has 0 aromatic rings. The van der Waals surface area contributed by atoms with E-state index in [4.69, 9.17) is 18.9 Å². The van der Waals surface area contributed by atoms with Gasteiger partial charge >= 0.3 is 17.9 Å². The first kappa shape index (κ1) is 86.8. The summed E-state index contributed by atoms with van der Waals surface area (Å²) in [6.45, 7) is 4.95. The molecule has 9 nitrogen and oxygen atoms in total. The van der Waals surface area contributed by atoms with Gasteiger partial charge in [0.25, 0.3) is 6.29 Å². The van der Waals surface area contributed by atoms with E-state index in [2.05, 4.69) is 38.2 Å². The van der Waals surface area contributed by atoms with E-state index in [1.54, 1.807) is 0 Å². The summed E-state index contributed by atoms with van der Waals surface area (Å²) in [5, 5.41) is 9.76. The van der Waals surface area contributed by atoms with Crippen LogP contribution in [0.1, 0.15) is 412 Å². The van der Waals surface area contributed by atoms with E-state index in [1.807, 2.05) is 21.1 Å². The van der Waals surface area contributed by atoms with Crippen molar-refractivity contribution in [3.05, 3.63) is 24.3 Å². The van der Waals surface area contributed by atoms with Crippen LogP contribution in [-0.4, -0.2) is 87.4 Å². The summed E-state index contributed by atoms with van der Waals surface area (Å²) in [6, 6.07) is 0. The van der Waals surface area contributed by atoms with E-state index in [0.717, 1.165) is 44.9 Å². The number of carbonyl (C=O) groups excluding carboxylic acids is 2. The third-order valence-electron chi connectivity index (χ3n) is 18.2. The molecule has 2 atom stereocenters. The zero-order valence-corrected chi connectivity index (χ0v) is 60.4. The fraction of sp³-hybridized carbons (Fsp3) is 0.912. The first-order chi connectivity index (χ1) is 43.6. The molecule has 89 heavy (non-hydrogen) atoms. The molecule has 0 saturated carbocycles. The lowest BCUT2D eigenvalue weighted by atomic mass is 10.0. The Morgan fingerprint density at radius 3 is 0.888 bits per heavy atom. The number of carboxylic acids is 1. The molecule has 0 saturated heterocycles. The molecule has 0 spiro atoms.